The van der Waals surface area contributed by atoms with E-state index >= 15 is 0 Å². The van der Waals surface area contributed by atoms with Crippen LogP contribution in [0.4, 0.5) is 5.69 Å². The minimum Gasteiger partial charge on any atom is -0.633 e. The summed E-state index contributed by atoms with van der Waals surface area (Å²) in [5.41, 5.74) is 4.97. The number of nitrogens with zero attached hydrogens (tertiary/aromatic N) is 2. The molecular formula is C29H28N4O3. The van der Waals surface area contributed by atoms with Gasteiger partial charge >= 0.3 is 0 Å². The Morgan fingerprint density at radius 2 is 1.81 bits per heavy atom. The zero-order valence-corrected chi connectivity index (χ0v) is 20.5. The molecule has 0 radical (unpaired) electrons. The van der Waals surface area contributed by atoms with Gasteiger partial charge in [-0.3, -0.25) is 4.79 Å². The summed E-state index contributed by atoms with van der Waals surface area (Å²) in [4.78, 5) is 19.6. The Morgan fingerprint density at radius 3 is 2.47 bits per heavy atom. The van der Waals surface area contributed by atoms with Gasteiger partial charge in [-0.15, -0.1) is 0 Å². The summed E-state index contributed by atoms with van der Waals surface area (Å²) in [5.74, 6) is 5.07. The zero-order chi connectivity index (χ0) is 25.7. The molecule has 3 aromatic carbocycles. The van der Waals surface area contributed by atoms with E-state index in [1.165, 1.54) is 0 Å². The summed E-state index contributed by atoms with van der Waals surface area (Å²) >= 11 is 0. The summed E-state index contributed by atoms with van der Waals surface area (Å²) in [6, 6.07) is 22.6. The van der Waals surface area contributed by atoms with Crippen LogP contribution in [0.25, 0.3) is 10.9 Å². The first-order valence-electron chi connectivity index (χ1n) is 11.7. The first-order valence-corrected chi connectivity index (χ1v) is 11.7. The molecule has 0 fully saturated rings. The molecule has 0 bridgehead atoms. The molecule has 4 rings (SSSR count). The number of amides is 1. The van der Waals surface area contributed by atoms with Crippen molar-refractivity contribution in [1.82, 2.24) is 10.3 Å². The number of aromatic nitrogens is 1. The molecule has 0 aliphatic heterocycles. The standard InChI is InChI=1S/C29H28N4O3/c1-4-30-26(34)17-13-20-12-16-24-25(18-20)32-29(35)27(24)28(22-8-6-5-7-9-22)31-23-14-10-21(11-15-23)19-33(2,3)36/h5-12,14-16,18,32,35H,4,19H2,1-3H3,(H,30,34). The highest BCUT2D eigenvalue weighted by Crippen LogP contribution is 2.32. The Hall–Kier alpha value is -4.38. The van der Waals surface area contributed by atoms with Crippen LogP contribution in [0.1, 0.15) is 29.2 Å². The second kappa shape index (κ2) is 10.5. The lowest BCUT2D eigenvalue weighted by Crippen LogP contribution is -2.30. The van der Waals surface area contributed by atoms with E-state index in [4.69, 9.17) is 4.99 Å². The molecule has 7 heteroatoms. The van der Waals surface area contributed by atoms with Crippen LogP contribution in [0, 0.1) is 17.0 Å². The van der Waals surface area contributed by atoms with Gasteiger partial charge in [0.15, 0.2) is 5.88 Å². The first kappa shape index (κ1) is 24.7. The Balaban J connectivity index is 1.77. The molecule has 0 spiro atoms. The summed E-state index contributed by atoms with van der Waals surface area (Å²) < 4.78 is -0.406. The third-order valence-electron chi connectivity index (χ3n) is 5.46. The van der Waals surface area contributed by atoms with Crippen molar-refractivity contribution < 1.29 is 14.5 Å². The Morgan fingerprint density at radius 1 is 1.08 bits per heavy atom. The lowest BCUT2D eigenvalue weighted by Gasteiger charge is -2.33. The number of fused-ring (bicyclic) bond motifs is 1. The largest absolute Gasteiger partial charge is 0.633 e. The first-order chi connectivity index (χ1) is 17.2. The fourth-order valence-electron chi connectivity index (χ4n) is 3.94. The van der Waals surface area contributed by atoms with E-state index in [9.17, 15) is 15.1 Å². The number of benzene rings is 3. The lowest BCUT2D eigenvalue weighted by atomic mass is 10.00. The van der Waals surface area contributed by atoms with Crippen molar-refractivity contribution in [2.75, 3.05) is 20.6 Å². The van der Waals surface area contributed by atoms with Crippen LogP contribution >= 0.6 is 0 Å². The predicted molar refractivity (Wildman–Crippen MR) is 143 cm³/mol. The van der Waals surface area contributed by atoms with Crippen molar-refractivity contribution in [3.8, 4) is 17.7 Å². The molecule has 182 valence electrons. The topological polar surface area (TPSA) is 101 Å². The number of aromatic amines is 1. The Bertz CT molecular complexity index is 1470. The molecule has 36 heavy (non-hydrogen) atoms. The third-order valence-corrected chi connectivity index (χ3v) is 5.46. The number of nitrogens with one attached hydrogen (secondary N) is 2. The van der Waals surface area contributed by atoms with Crippen LogP contribution in [-0.2, 0) is 11.3 Å². The van der Waals surface area contributed by atoms with Gasteiger partial charge in [0, 0.05) is 34.5 Å². The van der Waals surface area contributed by atoms with Gasteiger partial charge in [0.1, 0.15) is 6.54 Å². The number of carbonyl (C=O) groups excluding carboxylic acids is 1. The van der Waals surface area contributed by atoms with Crippen molar-refractivity contribution in [2.24, 2.45) is 4.99 Å². The van der Waals surface area contributed by atoms with Gasteiger partial charge in [0.05, 0.1) is 36.6 Å². The highest BCUT2D eigenvalue weighted by Gasteiger charge is 2.19. The molecule has 0 unspecified atom stereocenters. The molecule has 4 aromatic rings. The van der Waals surface area contributed by atoms with E-state index in [1.54, 1.807) is 20.2 Å². The Kier molecular flexibility index (Phi) is 7.20. The molecule has 0 atom stereocenters. The number of hydrogen-bond acceptors (Lipinski definition) is 4. The van der Waals surface area contributed by atoms with Crippen LogP contribution in [-0.4, -0.2) is 47.0 Å². The highest BCUT2D eigenvalue weighted by molar-refractivity contribution is 6.22. The smallest absolute Gasteiger partial charge is 0.296 e. The summed E-state index contributed by atoms with van der Waals surface area (Å²) in [6.07, 6.45) is 0. The summed E-state index contributed by atoms with van der Waals surface area (Å²) in [7, 11) is 3.21. The van der Waals surface area contributed by atoms with E-state index in [2.05, 4.69) is 22.1 Å². The lowest BCUT2D eigenvalue weighted by molar-refractivity contribution is -0.853. The van der Waals surface area contributed by atoms with E-state index in [1.807, 2.05) is 73.7 Å². The average Bonchev–Trinajstić information content (AvgIpc) is 3.17. The van der Waals surface area contributed by atoms with Gasteiger partial charge < -0.3 is 25.3 Å². The van der Waals surface area contributed by atoms with Gasteiger partial charge in [0.2, 0.25) is 0 Å². The number of H-pyrrole nitrogens is 1. The van der Waals surface area contributed by atoms with Gasteiger partial charge in [-0.25, -0.2) is 4.99 Å². The third kappa shape index (κ3) is 5.99. The second-order valence-electron chi connectivity index (χ2n) is 8.94. The van der Waals surface area contributed by atoms with Crippen LogP contribution in [0.2, 0.25) is 0 Å². The van der Waals surface area contributed by atoms with Gasteiger partial charge in [0.25, 0.3) is 5.91 Å². The highest BCUT2D eigenvalue weighted by atomic mass is 16.5. The van der Waals surface area contributed by atoms with Crippen LogP contribution in [0.5, 0.6) is 5.88 Å². The maximum absolute atomic E-state index is 12.0. The molecule has 3 N–H and O–H groups in total. The van der Waals surface area contributed by atoms with Crippen LogP contribution < -0.4 is 5.32 Å². The predicted octanol–water partition coefficient (Wildman–Crippen LogP) is 4.60. The van der Waals surface area contributed by atoms with Crippen molar-refractivity contribution in [1.29, 1.82) is 0 Å². The van der Waals surface area contributed by atoms with Crippen molar-refractivity contribution in [3.63, 3.8) is 0 Å². The molecule has 0 saturated heterocycles. The van der Waals surface area contributed by atoms with Crippen molar-refractivity contribution in [3.05, 3.63) is 100 Å². The van der Waals surface area contributed by atoms with Gasteiger partial charge in [-0.2, -0.15) is 0 Å². The minimum atomic E-state index is -0.406. The number of hydroxylamine groups is 3. The molecule has 1 amide bonds. The number of carbonyl (C=O) groups is 1. The number of aromatic hydroxyl groups is 1. The second-order valence-corrected chi connectivity index (χ2v) is 8.94. The SMILES string of the molecule is CCNC(=O)C#Cc1ccc2c(C(=Nc3ccc(C[N+](C)(C)[O-])cc3)c3ccccc3)c(O)[nH]c2c1. The summed E-state index contributed by atoms with van der Waals surface area (Å²) in [6.45, 7) is 2.71. The number of hydrogen-bond donors (Lipinski definition) is 3. The van der Waals surface area contributed by atoms with E-state index in [-0.39, 0.29) is 11.8 Å². The monoisotopic (exact) mass is 480 g/mol. The number of quaternary nitrogens is 1. The normalized spacial score (nSPS) is 11.7. The molecule has 0 aliphatic carbocycles. The van der Waals surface area contributed by atoms with Crippen molar-refractivity contribution >= 4 is 28.2 Å². The number of rotatable bonds is 6. The molecule has 7 nitrogen and oxygen atoms in total. The molecule has 0 saturated carbocycles. The molecule has 0 aliphatic rings. The fourth-order valence-corrected chi connectivity index (χ4v) is 3.94. The Labute approximate surface area is 210 Å². The maximum atomic E-state index is 12.0. The molecular weight excluding hydrogens is 452 g/mol. The minimum absolute atomic E-state index is 0.0107. The fraction of sp³-hybridized carbons (Fsp3) is 0.172. The van der Waals surface area contributed by atoms with Gasteiger partial charge in [-0.1, -0.05) is 54.5 Å². The van der Waals surface area contributed by atoms with Gasteiger partial charge in [-0.05, 0) is 31.2 Å². The maximum Gasteiger partial charge on any atom is 0.296 e. The molecule has 1 heterocycles. The van der Waals surface area contributed by atoms with Crippen LogP contribution in [0.15, 0.2) is 77.8 Å². The quantitative estimate of drug-likeness (QED) is 0.163. The van der Waals surface area contributed by atoms with Crippen LogP contribution in [0.3, 0.4) is 0 Å². The zero-order valence-electron chi connectivity index (χ0n) is 20.5. The summed E-state index contributed by atoms with van der Waals surface area (Å²) in [5, 5.41) is 26.4. The van der Waals surface area contributed by atoms with E-state index < -0.39 is 4.65 Å². The van der Waals surface area contributed by atoms with Crippen molar-refractivity contribution in [2.45, 2.75) is 13.5 Å². The van der Waals surface area contributed by atoms with E-state index in [0.29, 0.717) is 41.1 Å². The molecule has 1 aromatic heterocycles. The number of aliphatic imine (C=N–C) groups is 1. The van der Waals surface area contributed by atoms with E-state index in [0.717, 1.165) is 16.5 Å². The average molecular weight is 481 g/mol.